The number of halogens is 2. The summed E-state index contributed by atoms with van der Waals surface area (Å²) in [6.45, 7) is 8.30. The maximum absolute atomic E-state index is 13.3. The zero-order valence-electron chi connectivity index (χ0n) is 11.8. The molecule has 1 atom stereocenters. The van der Waals surface area contributed by atoms with Crippen molar-refractivity contribution in [3.8, 4) is 0 Å². The van der Waals surface area contributed by atoms with E-state index in [0.29, 0.717) is 6.04 Å². The summed E-state index contributed by atoms with van der Waals surface area (Å²) in [5.41, 5.74) is 0.723. The number of nitrogens with zero attached hydrogens (tertiary/aromatic N) is 2. The number of benzene rings is 1. The number of rotatable bonds is 3. The van der Waals surface area contributed by atoms with E-state index >= 15 is 0 Å². The monoisotopic (exact) mass is 281 g/mol. The molecule has 0 aliphatic carbocycles. The van der Waals surface area contributed by atoms with Crippen molar-refractivity contribution < 1.29 is 8.78 Å². The second-order valence-electron chi connectivity index (χ2n) is 5.77. The summed E-state index contributed by atoms with van der Waals surface area (Å²) >= 11 is 0. The highest BCUT2D eigenvalue weighted by atomic mass is 19.1. The van der Waals surface area contributed by atoms with Crippen LogP contribution in [0.1, 0.15) is 18.5 Å². The molecule has 0 aromatic heterocycles. The Morgan fingerprint density at radius 2 is 1.70 bits per heavy atom. The fraction of sp³-hybridized carbons (Fsp3) is 0.600. The first-order valence-electron chi connectivity index (χ1n) is 7.28. The smallest absolute Gasteiger partial charge is 0.126 e. The van der Waals surface area contributed by atoms with Crippen LogP contribution in [-0.4, -0.2) is 55.1 Å². The second kappa shape index (κ2) is 5.76. The summed E-state index contributed by atoms with van der Waals surface area (Å²) in [6, 6.07) is 4.46. The average molecular weight is 281 g/mol. The van der Waals surface area contributed by atoms with Gasteiger partial charge in [-0.2, -0.15) is 0 Å². The Kier molecular flexibility index (Phi) is 4.01. The van der Waals surface area contributed by atoms with E-state index in [2.05, 4.69) is 15.1 Å². The lowest BCUT2D eigenvalue weighted by Crippen LogP contribution is -2.62. The number of hydrogen-bond donors (Lipinski definition) is 1. The Balaban J connectivity index is 1.58. The molecule has 3 rings (SSSR count). The van der Waals surface area contributed by atoms with E-state index in [1.54, 1.807) is 0 Å². The lowest BCUT2D eigenvalue weighted by atomic mass is 9.99. The quantitative estimate of drug-likeness (QED) is 0.908. The van der Waals surface area contributed by atoms with E-state index in [9.17, 15) is 8.78 Å². The molecule has 0 saturated carbocycles. The third-order valence-electron chi connectivity index (χ3n) is 4.47. The highest BCUT2D eigenvalue weighted by Gasteiger charge is 2.35. The number of nitrogens with one attached hydrogen (secondary N) is 1. The van der Waals surface area contributed by atoms with E-state index < -0.39 is 11.6 Å². The van der Waals surface area contributed by atoms with Crippen LogP contribution >= 0.6 is 0 Å². The highest BCUT2D eigenvalue weighted by Crippen LogP contribution is 2.28. The molecule has 0 spiro atoms. The van der Waals surface area contributed by atoms with Gasteiger partial charge < -0.3 is 5.32 Å². The molecular formula is C15H21F2N3. The molecule has 3 nitrogen and oxygen atoms in total. The molecule has 2 heterocycles. The van der Waals surface area contributed by atoms with Gasteiger partial charge in [0.25, 0.3) is 0 Å². The van der Waals surface area contributed by atoms with Gasteiger partial charge >= 0.3 is 0 Å². The van der Waals surface area contributed by atoms with Crippen LogP contribution in [0.3, 0.4) is 0 Å². The summed E-state index contributed by atoms with van der Waals surface area (Å²) in [5, 5.41) is 3.35. The molecule has 20 heavy (non-hydrogen) atoms. The van der Waals surface area contributed by atoms with Crippen molar-refractivity contribution in [1.82, 2.24) is 15.1 Å². The number of piperazine rings is 1. The van der Waals surface area contributed by atoms with E-state index in [-0.39, 0.29) is 6.04 Å². The Morgan fingerprint density at radius 1 is 1.10 bits per heavy atom. The van der Waals surface area contributed by atoms with Gasteiger partial charge in [-0.1, -0.05) is 0 Å². The molecule has 0 bridgehead atoms. The molecule has 2 aliphatic rings. The van der Waals surface area contributed by atoms with Crippen LogP contribution in [0.25, 0.3) is 0 Å². The molecular weight excluding hydrogens is 260 g/mol. The Morgan fingerprint density at radius 3 is 2.30 bits per heavy atom. The predicted octanol–water partition coefficient (Wildman–Crippen LogP) is 1.62. The number of hydrogen-bond acceptors (Lipinski definition) is 3. The maximum atomic E-state index is 13.3. The summed E-state index contributed by atoms with van der Waals surface area (Å²) in [7, 11) is 0. The van der Waals surface area contributed by atoms with Crippen LogP contribution in [0.15, 0.2) is 18.2 Å². The molecule has 2 saturated heterocycles. The first-order chi connectivity index (χ1) is 9.63. The molecule has 1 aromatic carbocycles. The normalized spacial score (nSPS) is 23.6. The van der Waals surface area contributed by atoms with Crippen molar-refractivity contribution in [3.05, 3.63) is 35.4 Å². The molecule has 5 heteroatoms. The Bertz CT molecular complexity index is 448. The third-order valence-corrected chi connectivity index (χ3v) is 4.47. The van der Waals surface area contributed by atoms with Gasteiger partial charge in [-0.25, -0.2) is 8.78 Å². The zero-order valence-corrected chi connectivity index (χ0v) is 11.8. The van der Waals surface area contributed by atoms with Crippen molar-refractivity contribution in [3.63, 3.8) is 0 Å². The summed E-state index contributed by atoms with van der Waals surface area (Å²) in [4.78, 5) is 4.78. The van der Waals surface area contributed by atoms with Crippen LogP contribution in [0.4, 0.5) is 8.78 Å². The van der Waals surface area contributed by atoms with Crippen molar-refractivity contribution in [2.75, 3.05) is 39.3 Å². The van der Waals surface area contributed by atoms with Gasteiger partial charge in [-0.15, -0.1) is 0 Å². The molecule has 0 radical (unpaired) electrons. The fourth-order valence-electron chi connectivity index (χ4n) is 3.11. The minimum absolute atomic E-state index is 0.0689. The minimum atomic E-state index is -0.494. The molecule has 1 N–H and O–H groups in total. The molecule has 2 aliphatic heterocycles. The van der Waals surface area contributed by atoms with Crippen molar-refractivity contribution in [2.45, 2.75) is 19.0 Å². The van der Waals surface area contributed by atoms with E-state index in [1.165, 1.54) is 12.1 Å². The standard InChI is InChI=1S/C15H21F2N3/c1-11(12-6-13(16)8-14(17)7-12)20-9-15(10-20)19-4-2-18-3-5-19/h6-8,11,15,18H,2-5,9-10H2,1H3. The summed E-state index contributed by atoms with van der Waals surface area (Å²) < 4.78 is 26.5. The number of likely N-dealkylation sites (tertiary alicyclic amines) is 1. The average Bonchev–Trinajstić information content (AvgIpc) is 2.37. The van der Waals surface area contributed by atoms with E-state index in [1.807, 2.05) is 6.92 Å². The van der Waals surface area contributed by atoms with Crippen LogP contribution in [0.5, 0.6) is 0 Å². The minimum Gasteiger partial charge on any atom is -0.314 e. The summed E-state index contributed by atoms with van der Waals surface area (Å²) in [6.07, 6.45) is 0. The first kappa shape index (κ1) is 13.9. The van der Waals surface area contributed by atoms with Crippen LogP contribution in [0.2, 0.25) is 0 Å². The Hall–Kier alpha value is -1.04. The largest absolute Gasteiger partial charge is 0.314 e. The molecule has 0 amide bonds. The topological polar surface area (TPSA) is 18.5 Å². The zero-order chi connectivity index (χ0) is 14.1. The highest BCUT2D eigenvalue weighted by molar-refractivity contribution is 5.21. The third kappa shape index (κ3) is 2.85. The SMILES string of the molecule is CC(c1cc(F)cc(F)c1)N1CC(N2CCNCC2)C1. The van der Waals surface area contributed by atoms with Crippen LogP contribution in [0, 0.1) is 11.6 Å². The first-order valence-corrected chi connectivity index (χ1v) is 7.28. The van der Waals surface area contributed by atoms with Crippen LogP contribution in [-0.2, 0) is 0 Å². The summed E-state index contributed by atoms with van der Waals surface area (Å²) in [5.74, 6) is -0.989. The molecule has 2 fully saturated rings. The van der Waals surface area contributed by atoms with Gasteiger partial charge in [-0.3, -0.25) is 9.80 Å². The van der Waals surface area contributed by atoms with Crippen molar-refractivity contribution in [2.24, 2.45) is 0 Å². The van der Waals surface area contributed by atoms with Crippen molar-refractivity contribution in [1.29, 1.82) is 0 Å². The molecule has 110 valence electrons. The van der Waals surface area contributed by atoms with Gasteiger partial charge in [0.05, 0.1) is 0 Å². The van der Waals surface area contributed by atoms with Gasteiger partial charge in [0, 0.05) is 57.4 Å². The second-order valence-corrected chi connectivity index (χ2v) is 5.77. The molecule has 1 aromatic rings. The van der Waals surface area contributed by atoms with Gasteiger partial charge in [0.15, 0.2) is 0 Å². The predicted molar refractivity (Wildman–Crippen MR) is 74.6 cm³/mol. The van der Waals surface area contributed by atoms with E-state index in [4.69, 9.17) is 0 Å². The lowest BCUT2D eigenvalue weighted by Gasteiger charge is -2.49. The van der Waals surface area contributed by atoms with Gasteiger partial charge in [-0.05, 0) is 24.6 Å². The van der Waals surface area contributed by atoms with Gasteiger partial charge in [0.1, 0.15) is 11.6 Å². The van der Waals surface area contributed by atoms with Crippen molar-refractivity contribution >= 4 is 0 Å². The molecule has 1 unspecified atom stereocenters. The lowest BCUT2D eigenvalue weighted by molar-refractivity contribution is 0.00335. The maximum Gasteiger partial charge on any atom is 0.126 e. The van der Waals surface area contributed by atoms with E-state index in [0.717, 1.165) is 50.9 Å². The van der Waals surface area contributed by atoms with Crippen LogP contribution < -0.4 is 5.32 Å². The fourth-order valence-corrected chi connectivity index (χ4v) is 3.11. The van der Waals surface area contributed by atoms with Gasteiger partial charge in [0.2, 0.25) is 0 Å². The Labute approximate surface area is 118 Å².